The summed E-state index contributed by atoms with van der Waals surface area (Å²) < 4.78 is 0. The van der Waals surface area contributed by atoms with Gasteiger partial charge >= 0.3 is 0 Å². The highest BCUT2D eigenvalue weighted by atomic mass is 16.1. The number of benzene rings is 2. The van der Waals surface area contributed by atoms with Crippen LogP contribution in [-0.4, -0.2) is 21.1 Å². The first-order valence-corrected chi connectivity index (χ1v) is 7.45. The van der Waals surface area contributed by atoms with Gasteiger partial charge in [-0.3, -0.25) is 9.89 Å². The molecule has 0 aliphatic carbocycles. The van der Waals surface area contributed by atoms with E-state index in [-0.39, 0.29) is 5.91 Å². The number of nitrogens with zero attached hydrogens (tertiary/aromatic N) is 1. The van der Waals surface area contributed by atoms with Crippen LogP contribution in [0.25, 0.3) is 21.8 Å². The third-order valence-corrected chi connectivity index (χ3v) is 4.06. The second kappa shape index (κ2) is 4.98. The van der Waals surface area contributed by atoms with Crippen molar-refractivity contribution < 1.29 is 4.79 Å². The highest BCUT2D eigenvalue weighted by Gasteiger charge is 2.13. The van der Waals surface area contributed by atoms with Crippen LogP contribution < -0.4 is 5.32 Å². The summed E-state index contributed by atoms with van der Waals surface area (Å²) in [6.45, 7) is 4.10. The number of carbonyl (C=O) groups excluding carboxylic acids is 1. The van der Waals surface area contributed by atoms with E-state index in [0.717, 1.165) is 33.1 Å². The number of nitrogens with one attached hydrogen (secondary N) is 3. The van der Waals surface area contributed by atoms with Crippen molar-refractivity contribution in [1.82, 2.24) is 15.2 Å². The molecule has 0 atom stereocenters. The molecule has 0 spiro atoms. The number of carbonyl (C=O) groups is 1. The Kier molecular flexibility index (Phi) is 2.94. The van der Waals surface area contributed by atoms with Gasteiger partial charge in [0.1, 0.15) is 5.69 Å². The van der Waals surface area contributed by atoms with E-state index < -0.39 is 0 Å². The van der Waals surface area contributed by atoms with E-state index in [1.165, 1.54) is 5.56 Å². The molecule has 5 heteroatoms. The van der Waals surface area contributed by atoms with Crippen molar-refractivity contribution in [3.63, 3.8) is 0 Å². The van der Waals surface area contributed by atoms with Gasteiger partial charge < -0.3 is 10.3 Å². The van der Waals surface area contributed by atoms with Gasteiger partial charge in [-0.1, -0.05) is 18.2 Å². The van der Waals surface area contributed by atoms with Crippen LogP contribution in [0, 0.1) is 13.8 Å². The summed E-state index contributed by atoms with van der Waals surface area (Å²) in [6, 6.07) is 11.8. The van der Waals surface area contributed by atoms with Gasteiger partial charge in [0.2, 0.25) is 0 Å². The third kappa shape index (κ3) is 2.26. The first kappa shape index (κ1) is 13.6. The number of aryl methyl sites for hydroxylation is 2. The van der Waals surface area contributed by atoms with Crippen molar-refractivity contribution in [2.24, 2.45) is 0 Å². The lowest BCUT2D eigenvalue weighted by Gasteiger charge is -2.04. The zero-order valence-electron chi connectivity index (χ0n) is 12.9. The lowest BCUT2D eigenvalue weighted by molar-refractivity contribution is 0.102. The number of fused-ring (bicyclic) bond motifs is 2. The van der Waals surface area contributed by atoms with Gasteiger partial charge in [0.15, 0.2) is 0 Å². The summed E-state index contributed by atoms with van der Waals surface area (Å²) in [5, 5.41) is 11.9. The molecule has 0 fully saturated rings. The fraction of sp³-hybridized carbons (Fsp3) is 0.111. The number of hydrogen-bond donors (Lipinski definition) is 3. The predicted octanol–water partition coefficient (Wildman–Crippen LogP) is 3.91. The van der Waals surface area contributed by atoms with Gasteiger partial charge in [-0.15, -0.1) is 0 Å². The minimum absolute atomic E-state index is 0.166. The molecule has 0 aliphatic rings. The average molecular weight is 304 g/mol. The van der Waals surface area contributed by atoms with Crippen LogP contribution in [0.5, 0.6) is 0 Å². The Balaban J connectivity index is 1.72. The Labute approximate surface area is 132 Å². The molecule has 0 saturated carbocycles. The number of H-pyrrole nitrogens is 2. The maximum Gasteiger partial charge on any atom is 0.272 e. The summed E-state index contributed by atoms with van der Waals surface area (Å²) in [5.41, 5.74) is 5.40. The molecule has 2 heterocycles. The largest absolute Gasteiger partial charge is 0.351 e. The summed E-state index contributed by atoms with van der Waals surface area (Å²) >= 11 is 0. The first-order chi connectivity index (χ1) is 11.1. The summed E-state index contributed by atoms with van der Waals surface area (Å²) in [5.74, 6) is -0.166. The standard InChI is InChI=1S/C18H16N4O/c1-10-6-11(2)13-8-16(20-15(13)7-10)18(23)21-14-5-3-4-12-9-19-22-17(12)14/h3-9,20H,1-2H3,(H,19,22)(H,21,23). The Morgan fingerprint density at radius 1 is 1.17 bits per heavy atom. The molecule has 0 saturated heterocycles. The maximum atomic E-state index is 12.6. The number of anilines is 1. The first-order valence-electron chi connectivity index (χ1n) is 7.45. The average Bonchev–Trinajstić information content (AvgIpc) is 3.13. The number of aromatic nitrogens is 3. The Morgan fingerprint density at radius 3 is 2.91 bits per heavy atom. The van der Waals surface area contributed by atoms with Gasteiger partial charge in [-0.25, -0.2) is 0 Å². The van der Waals surface area contributed by atoms with E-state index in [2.05, 4.69) is 39.6 Å². The van der Waals surface area contributed by atoms with E-state index in [0.29, 0.717) is 5.69 Å². The lowest BCUT2D eigenvalue weighted by Crippen LogP contribution is -2.12. The summed E-state index contributed by atoms with van der Waals surface area (Å²) in [6.07, 6.45) is 1.74. The SMILES string of the molecule is Cc1cc(C)c2cc(C(=O)Nc3cccc4cn[nH]c34)[nH]c2c1. The minimum Gasteiger partial charge on any atom is -0.351 e. The number of hydrogen-bond acceptors (Lipinski definition) is 2. The van der Waals surface area contributed by atoms with E-state index in [9.17, 15) is 4.79 Å². The molecule has 4 rings (SSSR count). The Bertz CT molecular complexity index is 1040. The zero-order valence-corrected chi connectivity index (χ0v) is 12.9. The summed E-state index contributed by atoms with van der Waals surface area (Å²) in [7, 11) is 0. The Hall–Kier alpha value is -3.08. The quantitative estimate of drug-likeness (QED) is 0.525. The lowest BCUT2D eigenvalue weighted by atomic mass is 10.1. The molecule has 4 aromatic rings. The van der Waals surface area contributed by atoms with Crippen LogP contribution in [0.4, 0.5) is 5.69 Å². The van der Waals surface area contributed by atoms with Gasteiger partial charge in [0, 0.05) is 16.3 Å². The van der Waals surface area contributed by atoms with Crippen molar-refractivity contribution in [1.29, 1.82) is 0 Å². The maximum absolute atomic E-state index is 12.6. The third-order valence-electron chi connectivity index (χ3n) is 4.06. The van der Waals surface area contributed by atoms with Gasteiger partial charge in [0.05, 0.1) is 17.4 Å². The molecule has 2 aromatic carbocycles. The second-order valence-corrected chi connectivity index (χ2v) is 5.82. The molecule has 5 nitrogen and oxygen atoms in total. The molecule has 114 valence electrons. The molecule has 0 aliphatic heterocycles. The van der Waals surface area contributed by atoms with Crippen LogP contribution in [0.3, 0.4) is 0 Å². The van der Waals surface area contributed by atoms with Crippen molar-refractivity contribution in [3.05, 3.63) is 59.4 Å². The topological polar surface area (TPSA) is 73.6 Å². The van der Waals surface area contributed by atoms with Gasteiger partial charge in [-0.2, -0.15) is 5.10 Å². The fourth-order valence-electron chi connectivity index (χ4n) is 2.98. The van der Waals surface area contributed by atoms with Crippen molar-refractivity contribution in [2.45, 2.75) is 13.8 Å². The number of para-hydroxylation sites is 1. The van der Waals surface area contributed by atoms with E-state index in [1.807, 2.05) is 31.2 Å². The minimum atomic E-state index is -0.166. The van der Waals surface area contributed by atoms with E-state index >= 15 is 0 Å². The number of rotatable bonds is 2. The molecule has 23 heavy (non-hydrogen) atoms. The van der Waals surface area contributed by atoms with Crippen molar-refractivity contribution in [3.8, 4) is 0 Å². The van der Waals surface area contributed by atoms with Crippen LogP contribution in [0.1, 0.15) is 21.6 Å². The number of amides is 1. The molecule has 0 unspecified atom stereocenters. The van der Waals surface area contributed by atoms with Crippen LogP contribution in [-0.2, 0) is 0 Å². The van der Waals surface area contributed by atoms with Crippen molar-refractivity contribution >= 4 is 33.4 Å². The van der Waals surface area contributed by atoms with Gasteiger partial charge in [-0.05, 0) is 43.2 Å². The smallest absolute Gasteiger partial charge is 0.272 e. The highest BCUT2D eigenvalue weighted by Crippen LogP contribution is 2.24. The monoisotopic (exact) mass is 304 g/mol. The van der Waals surface area contributed by atoms with Crippen LogP contribution in [0.2, 0.25) is 0 Å². The Morgan fingerprint density at radius 2 is 2.04 bits per heavy atom. The van der Waals surface area contributed by atoms with Crippen LogP contribution >= 0.6 is 0 Å². The normalized spacial score (nSPS) is 11.2. The van der Waals surface area contributed by atoms with E-state index in [1.54, 1.807) is 6.20 Å². The molecular formula is C18H16N4O. The molecule has 0 bridgehead atoms. The molecule has 1 amide bonds. The highest BCUT2D eigenvalue weighted by molar-refractivity contribution is 6.09. The predicted molar refractivity (Wildman–Crippen MR) is 91.8 cm³/mol. The van der Waals surface area contributed by atoms with Gasteiger partial charge in [0.25, 0.3) is 5.91 Å². The molecule has 0 radical (unpaired) electrons. The zero-order chi connectivity index (χ0) is 16.0. The second-order valence-electron chi connectivity index (χ2n) is 5.82. The molecule has 3 N–H and O–H groups in total. The fourth-order valence-corrected chi connectivity index (χ4v) is 2.98. The van der Waals surface area contributed by atoms with E-state index in [4.69, 9.17) is 0 Å². The summed E-state index contributed by atoms with van der Waals surface area (Å²) in [4.78, 5) is 15.8. The van der Waals surface area contributed by atoms with Crippen LogP contribution in [0.15, 0.2) is 42.6 Å². The molecular weight excluding hydrogens is 288 g/mol. The van der Waals surface area contributed by atoms with Crippen molar-refractivity contribution in [2.75, 3.05) is 5.32 Å². The number of aromatic amines is 2. The molecule has 2 aromatic heterocycles.